The minimum atomic E-state index is 0.0948. The Balaban J connectivity index is 0.000000612. The Morgan fingerprint density at radius 3 is 2.69 bits per heavy atom. The molecule has 9 heteroatoms. The summed E-state index contributed by atoms with van der Waals surface area (Å²) in [6.45, 7) is 11.2. The lowest BCUT2D eigenvalue weighted by Crippen LogP contribution is -2.49. The molecule has 0 radical (unpaired) electrons. The molecule has 158 valence electrons. The zero-order valence-corrected chi connectivity index (χ0v) is 18.1. The van der Waals surface area contributed by atoms with Gasteiger partial charge in [-0.15, -0.1) is 5.92 Å². The summed E-state index contributed by atoms with van der Waals surface area (Å²) in [6, 6.07) is 2.16. The van der Waals surface area contributed by atoms with Crippen molar-refractivity contribution in [3.8, 4) is 17.9 Å². The number of carbonyl (C=O) groups excluding carboxylic acids is 1. The third kappa shape index (κ3) is 9.58. The Hall–Kier alpha value is -2.39. The van der Waals surface area contributed by atoms with Gasteiger partial charge in [0.15, 0.2) is 0 Å². The van der Waals surface area contributed by atoms with Crippen molar-refractivity contribution in [2.24, 2.45) is 9.98 Å². The quantitative estimate of drug-likeness (QED) is 0.229. The molecule has 0 aliphatic carbocycles. The highest BCUT2D eigenvalue weighted by molar-refractivity contribution is 6.65. The Morgan fingerprint density at radius 1 is 1.41 bits per heavy atom. The molecule has 2 heterocycles. The number of nitrogens with zero attached hydrogens (tertiary/aromatic N) is 6. The van der Waals surface area contributed by atoms with E-state index in [0.29, 0.717) is 19.5 Å². The smallest absolute Gasteiger partial charge is 0.247 e. The normalized spacial score (nSPS) is 17.4. The van der Waals surface area contributed by atoms with Crippen molar-refractivity contribution in [3.05, 3.63) is 11.9 Å². The molecule has 0 saturated carbocycles. The summed E-state index contributed by atoms with van der Waals surface area (Å²) in [7, 11) is 1.55. The molecular formula is C20H30ClN7O. The highest BCUT2D eigenvalue weighted by atomic mass is 35.5. The van der Waals surface area contributed by atoms with Gasteiger partial charge in [-0.3, -0.25) is 14.7 Å². The maximum atomic E-state index is 12.5. The lowest BCUT2D eigenvalue weighted by atomic mass is 10.2. The van der Waals surface area contributed by atoms with Crippen LogP contribution in [0.15, 0.2) is 21.9 Å². The number of aliphatic imine (C=N–C) groups is 2. The topological polar surface area (TPSA) is 87.3 Å². The van der Waals surface area contributed by atoms with Crippen molar-refractivity contribution in [3.63, 3.8) is 0 Å². The summed E-state index contributed by atoms with van der Waals surface area (Å²) in [6.07, 6.45) is 3.39. The van der Waals surface area contributed by atoms with E-state index in [1.807, 2.05) is 4.90 Å². The number of carbonyl (C=O) groups is 1. The Morgan fingerprint density at radius 2 is 2.14 bits per heavy atom. The summed E-state index contributed by atoms with van der Waals surface area (Å²) < 4.78 is 0. The molecule has 2 rings (SSSR count). The SMILES string of the molecule is C=NC(Cl)=NC.CC#CCN1C(=O)CN(CCCC#N)C=C1CN1CCNCC1. The zero-order chi connectivity index (χ0) is 21.5. The van der Waals surface area contributed by atoms with Gasteiger partial charge >= 0.3 is 0 Å². The Labute approximate surface area is 178 Å². The van der Waals surface area contributed by atoms with Crippen LogP contribution in [-0.4, -0.2) is 92.0 Å². The molecule has 0 spiro atoms. The van der Waals surface area contributed by atoms with Gasteiger partial charge in [0.1, 0.15) is 0 Å². The maximum absolute atomic E-state index is 12.5. The number of piperazine rings is 1. The van der Waals surface area contributed by atoms with E-state index in [2.05, 4.69) is 51.0 Å². The fourth-order valence-electron chi connectivity index (χ4n) is 2.89. The van der Waals surface area contributed by atoms with Crippen LogP contribution >= 0.6 is 11.6 Å². The predicted octanol–water partition coefficient (Wildman–Crippen LogP) is 1.12. The minimum Gasteiger partial charge on any atom is -0.367 e. The first kappa shape index (κ1) is 24.6. The van der Waals surface area contributed by atoms with E-state index in [1.54, 1.807) is 18.9 Å². The molecular weight excluding hydrogens is 390 g/mol. The van der Waals surface area contributed by atoms with Crippen molar-refractivity contribution < 1.29 is 4.79 Å². The van der Waals surface area contributed by atoms with Crippen molar-refractivity contribution in [2.75, 3.05) is 59.4 Å². The van der Waals surface area contributed by atoms with Crippen LogP contribution in [0.4, 0.5) is 0 Å². The number of amides is 1. The van der Waals surface area contributed by atoms with Crippen LogP contribution in [0.2, 0.25) is 0 Å². The van der Waals surface area contributed by atoms with Gasteiger partial charge in [0.25, 0.3) is 0 Å². The van der Waals surface area contributed by atoms with Gasteiger partial charge in [-0.05, 0) is 31.7 Å². The fourth-order valence-corrected chi connectivity index (χ4v) is 2.89. The molecule has 1 saturated heterocycles. The van der Waals surface area contributed by atoms with E-state index in [0.717, 1.165) is 51.4 Å². The van der Waals surface area contributed by atoms with E-state index in [-0.39, 0.29) is 11.2 Å². The molecule has 1 amide bonds. The van der Waals surface area contributed by atoms with Gasteiger partial charge in [-0.1, -0.05) is 5.92 Å². The largest absolute Gasteiger partial charge is 0.367 e. The summed E-state index contributed by atoms with van der Waals surface area (Å²) in [4.78, 5) is 25.4. The molecule has 8 nitrogen and oxygen atoms in total. The fraction of sp³-hybridized carbons (Fsp3) is 0.600. The highest BCUT2D eigenvalue weighted by Crippen LogP contribution is 2.16. The van der Waals surface area contributed by atoms with E-state index < -0.39 is 0 Å². The van der Waals surface area contributed by atoms with E-state index in [1.165, 1.54) is 0 Å². The Bertz CT molecular complexity index is 696. The first-order valence-electron chi connectivity index (χ1n) is 9.59. The van der Waals surface area contributed by atoms with Crippen molar-refractivity contribution in [2.45, 2.75) is 19.8 Å². The molecule has 1 N–H and O–H groups in total. The summed E-state index contributed by atoms with van der Waals surface area (Å²) in [5, 5.41) is 12.2. The van der Waals surface area contributed by atoms with Crippen LogP contribution in [0, 0.1) is 23.2 Å². The molecule has 0 unspecified atom stereocenters. The first-order valence-corrected chi connectivity index (χ1v) is 9.97. The number of unbranched alkanes of at least 4 members (excludes halogenated alkanes) is 1. The molecule has 0 atom stereocenters. The van der Waals surface area contributed by atoms with E-state index in [9.17, 15) is 4.79 Å². The number of nitrogens with one attached hydrogen (secondary N) is 1. The number of rotatable bonds is 6. The predicted molar refractivity (Wildman–Crippen MR) is 118 cm³/mol. The average molecular weight is 420 g/mol. The number of nitriles is 1. The lowest BCUT2D eigenvalue weighted by molar-refractivity contribution is -0.130. The molecule has 2 aliphatic heterocycles. The van der Waals surface area contributed by atoms with Gasteiger partial charge < -0.3 is 15.1 Å². The Kier molecular flexibility index (Phi) is 12.4. The number of hydrogen-bond donors (Lipinski definition) is 1. The molecule has 0 aromatic carbocycles. The van der Waals surface area contributed by atoms with Crippen LogP contribution in [0.25, 0.3) is 0 Å². The third-order valence-electron chi connectivity index (χ3n) is 4.38. The van der Waals surface area contributed by atoms with E-state index >= 15 is 0 Å². The van der Waals surface area contributed by atoms with Crippen LogP contribution in [0.3, 0.4) is 0 Å². The van der Waals surface area contributed by atoms with Crippen molar-refractivity contribution >= 4 is 29.5 Å². The summed E-state index contributed by atoms with van der Waals surface area (Å²) in [5.74, 6) is 5.97. The average Bonchev–Trinajstić information content (AvgIpc) is 2.74. The van der Waals surface area contributed by atoms with Crippen LogP contribution < -0.4 is 5.32 Å². The number of hydrogen-bond acceptors (Lipinski definition) is 6. The minimum absolute atomic E-state index is 0.0948. The maximum Gasteiger partial charge on any atom is 0.247 e. The molecule has 0 bridgehead atoms. The van der Waals surface area contributed by atoms with Gasteiger partial charge in [-0.25, -0.2) is 4.99 Å². The molecule has 29 heavy (non-hydrogen) atoms. The molecule has 0 aromatic heterocycles. The van der Waals surface area contributed by atoms with Gasteiger partial charge in [-0.2, -0.15) is 5.26 Å². The standard InChI is InChI=1S/C17H25N5O.C3H5ClN2/c1-2-3-10-22-16(13-20-11-7-19-8-12-20)14-21(15-17(22)23)9-5-4-6-18;1-5-3(4)6-2/h14,19H,4-5,7-13,15H2,1H3;1H2,2H3. The van der Waals surface area contributed by atoms with Crippen LogP contribution in [0.1, 0.15) is 19.8 Å². The molecule has 0 aromatic rings. The highest BCUT2D eigenvalue weighted by Gasteiger charge is 2.26. The van der Waals surface area contributed by atoms with Crippen LogP contribution in [-0.2, 0) is 4.79 Å². The summed E-state index contributed by atoms with van der Waals surface area (Å²) in [5.41, 5.74) is 1.02. The van der Waals surface area contributed by atoms with Crippen molar-refractivity contribution in [1.82, 2.24) is 20.0 Å². The van der Waals surface area contributed by atoms with Gasteiger partial charge in [0.05, 0.1) is 24.9 Å². The zero-order valence-electron chi connectivity index (χ0n) is 17.3. The molecule has 2 aliphatic rings. The first-order chi connectivity index (χ1) is 14.0. The van der Waals surface area contributed by atoms with Gasteiger partial charge in [0.2, 0.25) is 11.2 Å². The monoisotopic (exact) mass is 419 g/mol. The number of amidine groups is 1. The van der Waals surface area contributed by atoms with Crippen molar-refractivity contribution in [1.29, 1.82) is 5.26 Å². The molecule has 1 fully saturated rings. The second kappa shape index (κ2) is 14.6. The number of halogens is 1. The second-order valence-corrected chi connectivity index (χ2v) is 6.77. The summed E-state index contributed by atoms with van der Waals surface area (Å²) >= 11 is 5.17. The lowest BCUT2D eigenvalue weighted by Gasteiger charge is -2.37. The third-order valence-corrected chi connectivity index (χ3v) is 4.66. The second-order valence-electron chi connectivity index (χ2n) is 6.44. The van der Waals surface area contributed by atoms with Crippen LogP contribution in [0.5, 0.6) is 0 Å². The van der Waals surface area contributed by atoms with Gasteiger partial charge in [0, 0.05) is 58.9 Å². The van der Waals surface area contributed by atoms with E-state index in [4.69, 9.17) is 16.9 Å².